The van der Waals surface area contributed by atoms with Crippen molar-refractivity contribution in [3.8, 4) is 5.75 Å². The Labute approximate surface area is 150 Å². The number of fused-ring (bicyclic) bond motifs is 1. The predicted octanol–water partition coefficient (Wildman–Crippen LogP) is 4.69. The van der Waals surface area contributed by atoms with Crippen LogP contribution in [0.1, 0.15) is 25.0 Å². The van der Waals surface area contributed by atoms with Gasteiger partial charge in [-0.25, -0.2) is 0 Å². The van der Waals surface area contributed by atoms with Crippen LogP contribution < -0.4 is 10.3 Å². The summed E-state index contributed by atoms with van der Waals surface area (Å²) in [5, 5.41) is 0.354. The van der Waals surface area contributed by atoms with Crippen LogP contribution in [0.2, 0.25) is 0 Å². The minimum atomic E-state index is -4.48. The highest BCUT2D eigenvalue weighted by Gasteiger charge is 2.38. The van der Waals surface area contributed by atoms with E-state index in [1.165, 1.54) is 16.7 Å². The lowest BCUT2D eigenvalue weighted by atomic mass is 9.89. The fraction of sp³-hybridized carbons (Fsp3) is 0.278. The molecule has 0 unspecified atom stereocenters. The predicted molar refractivity (Wildman–Crippen MR) is 93.0 cm³/mol. The van der Waals surface area contributed by atoms with Gasteiger partial charge in [0.05, 0.1) is 11.3 Å². The van der Waals surface area contributed by atoms with Gasteiger partial charge < -0.3 is 4.74 Å². The molecular formula is C18H15BrF3NO2. The quantitative estimate of drug-likeness (QED) is 0.668. The third-order valence-corrected chi connectivity index (χ3v) is 4.70. The zero-order chi connectivity index (χ0) is 18.4. The van der Waals surface area contributed by atoms with Crippen molar-refractivity contribution in [1.29, 1.82) is 0 Å². The molecule has 0 saturated carbocycles. The van der Waals surface area contributed by atoms with Crippen LogP contribution in [0, 0.1) is 0 Å². The second-order valence-corrected chi connectivity index (χ2v) is 6.75. The van der Waals surface area contributed by atoms with Crippen LogP contribution in [0.4, 0.5) is 13.2 Å². The van der Waals surface area contributed by atoms with Crippen molar-refractivity contribution in [3.05, 3.63) is 69.6 Å². The Kier molecular flexibility index (Phi) is 4.31. The number of rotatable bonds is 2. The highest BCUT2D eigenvalue weighted by molar-refractivity contribution is 9.09. The largest absolute Gasteiger partial charge is 0.483 e. The fourth-order valence-corrected chi connectivity index (χ4v) is 3.82. The summed E-state index contributed by atoms with van der Waals surface area (Å²) in [6.45, 7) is 3.64. The lowest BCUT2D eigenvalue weighted by molar-refractivity contribution is -0.137. The maximum atomic E-state index is 13.2. The molecule has 7 heteroatoms. The van der Waals surface area contributed by atoms with Crippen LogP contribution in [0.3, 0.4) is 0 Å². The first-order chi connectivity index (χ1) is 11.6. The van der Waals surface area contributed by atoms with Crippen molar-refractivity contribution in [1.82, 2.24) is 4.57 Å². The number of nitrogens with zero attached hydrogens (tertiary/aromatic N) is 1. The second kappa shape index (κ2) is 6.05. The molecule has 3 rings (SSSR count). The van der Waals surface area contributed by atoms with Gasteiger partial charge in [0.25, 0.3) is 5.56 Å². The Morgan fingerprint density at radius 1 is 1.20 bits per heavy atom. The maximum absolute atomic E-state index is 13.2. The number of aromatic nitrogens is 1. The van der Waals surface area contributed by atoms with Crippen LogP contribution in [0.25, 0.3) is 5.70 Å². The smallest absolute Gasteiger partial charge is 0.416 e. The monoisotopic (exact) mass is 413 g/mol. The van der Waals surface area contributed by atoms with Crippen LogP contribution in [0.15, 0.2) is 53.0 Å². The average Bonchev–Trinajstić information content (AvgIpc) is 2.52. The van der Waals surface area contributed by atoms with Gasteiger partial charge in [0.2, 0.25) is 0 Å². The number of ether oxygens (including phenoxy) is 1. The molecule has 0 atom stereocenters. The van der Waals surface area contributed by atoms with Gasteiger partial charge >= 0.3 is 6.18 Å². The molecule has 0 saturated heterocycles. The van der Waals surface area contributed by atoms with Crippen LogP contribution in [0.5, 0.6) is 5.75 Å². The first-order valence-corrected chi connectivity index (χ1v) is 8.65. The summed E-state index contributed by atoms with van der Waals surface area (Å²) in [4.78, 5) is 12.3. The van der Waals surface area contributed by atoms with Gasteiger partial charge in [-0.1, -0.05) is 22.0 Å². The molecule has 132 valence electrons. The normalized spacial score (nSPS) is 16.4. The van der Waals surface area contributed by atoms with E-state index in [0.29, 0.717) is 22.3 Å². The molecule has 0 radical (unpaired) electrons. The Balaban J connectivity index is 2.37. The fourth-order valence-electron chi connectivity index (χ4n) is 2.88. The lowest BCUT2D eigenvalue weighted by Gasteiger charge is -2.37. The van der Waals surface area contributed by atoms with Gasteiger partial charge in [-0.05, 0) is 38.1 Å². The minimum Gasteiger partial charge on any atom is -0.483 e. The SMILES string of the molecule is CC1(C)Oc2ccc(C(F)(F)F)cc2C(n2ccccc2=O)=C1CBr. The van der Waals surface area contributed by atoms with Crippen LogP contribution in [-0.4, -0.2) is 15.5 Å². The van der Waals surface area contributed by atoms with E-state index in [2.05, 4.69) is 15.9 Å². The van der Waals surface area contributed by atoms with Crippen molar-refractivity contribution >= 4 is 21.6 Å². The molecular weight excluding hydrogens is 399 g/mol. The summed E-state index contributed by atoms with van der Waals surface area (Å²) in [5.74, 6) is 0.313. The Bertz CT molecular complexity index is 913. The minimum absolute atomic E-state index is 0.247. The molecule has 2 aromatic rings. The standard InChI is InChI=1S/C18H15BrF3NO2/c1-17(2)13(10-19)16(23-8-4-3-5-15(23)24)12-9-11(18(20,21)22)6-7-14(12)25-17/h3-9H,10H2,1-2H3. The molecule has 0 N–H and O–H groups in total. The van der Waals surface area contributed by atoms with Crippen molar-refractivity contribution in [2.75, 3.05) is 5.33 Å². The molecule has 3 nitrogen and oxygen atoms in total. The van der Waals surface area contributed by atoms with E-state index >= 15 is 0 Å². The average molecular weight is 414 g/mol. The summed E-state index contributed by atoms with van der Waals surface area (Å²) in [6.07, 6.45) is -2.94. The molecule has 0 bridgehead atoms. The van der Waals surface area contributed by atoms with E-state index in [0.717, 1.165) is 12.1 Å². The molecule has 1 aromatic carbocycles. The summed E-state index contributed by atoms with van der Waals surface area (Å²) in [7, 11) is 0. The maximum Gasteiger partial charge on any atom is 0.416 e. The topological polar surface area (TPSA) is 31.2 Å². The van der Waals surface area contributed by atoms with Crippen molar-refractivity contribution < 1.29 is 17.9 Å². The van der Waals surface area contributed by atoms with E-state index in [-0.39, 0.29) is 11.1 Å². The molecule has 25 heavy (non-hydrogen) atoms. The van der Waals surface area contributed by atoms with E-state index in [1.807, 2.05) is 13.8 Å². The van der Waals surface area contributed by atoms with Gasteiger partial charge in [-0.3, -0.25) is 9.36 Å². The third-order valence-electron chi connectivity index (χ3n) is 4.14. The van der Waals surface area contributed by atoms with Gasteiger partial charge in [0.15, 0.2) is 0 Å². The number of halogens is 4. The third kappa shape index (κ3) is 3.13. The molecule has 0 spiro atoms. The second-order valence-electron chi connectivity index (χ2n) is 6.19. The van der Waals surface area contributed by atoms with E-state index < -0.39 is 17.3 Å². The Morgan fingerprint density at radius 2 is 1.92 bits per heavy atom. The summed E-state index contributed by atoms with van der Waals surface area (Å²) in [6, 6.07) is 7.94. The molecule has 0 aliphatic carbocycles. The number of hydrogen-bond donors (Lipinski definition) is 0. The first kappa shape index (κ1) is 17.8. The Morgan fingerprint density at radius 3 is 2.52 bits per heavy atom. The van der Waals surface area contributed by atoms with E-state index in [4.69, 9.17) is 4.74 Å². The highest BCUT2D eigenvalue weighted by Crippen LogP contribution is 2.43. The number of pyridine rings is 1. The van der Waals surface area contributed by atoms with Gasteiger partial charge in [0, 0.05) is 28.7 Å². The highest BCUT2D eigenvalue weighted by atomic mass is 79.9. The van der Waals surface area contributed by atoms with E-state index in [1.54, 1.807) is 18.3 Å². The van der Waals surface area contributed by atoms with Crippen LogP contribution in [-0.2, 0) is 6.18 Å². The summed E-state index contributed by atoms with van der Waals surface area (Å²) in [5.41, 5.74) is -0.535. The number of benzene rings is 1. The van der Waals surface area contributed by atoms with Gasteiger partial charge in [-0.2, -0.15) is 13.2 Å². The van der Waals surface area contributed by atoms with Gasteiger partial charge in [-0.15, -0.1) is 0 Å². The lowest BCUT2D eigenvalue weighted by Crippen LogP contribution is -2.38. The molecule has 1 aliphatic heterocycles. The van der Waals surface area contributed by atoms with Crippen LogP contribution >= 0.6 is 15.9 Å². The molecule has 0 amide bonds. The molecule has 1 aromatic heterocycles. The molecule has 1 aliphatic rings. The number of alkyl halides is 4. The molecule has 0 fully saturated rings. The summed E-state index contributed by atoms with van der Waals surface area (Å²) >= 11 is 3.38. The zero-order valence-corrected chi connectivity index (χ0v) is 15.1. The number of hydrogen-bond acceptors (Lipinski definition) is 2. The molecule has 2 heterocycles. The Hall–Kier alpha value is -2.02. The van der Waals surface area contributed by atoms with Crippen molar-refractivity contribution in [2.24, 2.45) is 0 Å². The summed E-state index contributed by atoms with van der Waals surface area (Å²) < 4.78 is 46.8. The van der Waals surface area contributed by atoms with Crippen molar-refractivity contribution in [3.63, 3.8) is 0 Å². The van der Waals surface area contributed by atoms with Gasteiger partial charge in [0.1, 0.15) is 11.4 Å². The van der Waals surface area contributed by atoms with Crippen molar-refractivity contribution in [2.45, 2.75) is 25.6 Å². The first-order valence-electron chi connectivity index (χ1n) is 7.53. The zero-order valence-electron chi connectivity index (χ0n) is 13.5. The van der Waals surface area contributed by atoms with E-state index in [9.17, 15) is 18.0 Å².